The smallest absolute Gasteiger partial charge is 0.280 e. The Morgan fingerprint density at radius 1 is 1.04 bits per heavy atom. The van der Waals surface area contributed by atoms with E-state index in [1.165, 1.54) is 22.8 Å². The maximum Gasteiger partial charge on any atom is 0.280 e. The monoisotopic (exact) mass is 738 g/mol. The zero-order valence-electron chi connectivity index (χ0n) is 29.3. The highest BCUT2D eigenvalue weighted by Crippen LogP contribution is 2.29. The molecule has 0 radical (unpaired) electrons. The van der Waals surface area contributed by atoms with Crippen LogP contribution in [0.5, 0.6) is 5.75 Å². The van der Waals surface area contributed by atoms with Crippen LogP contribution >= 0.6 is 11.3 Å². The van der Waals surface area contributed by atoms with E-state index in [-0.39, 0.29) is 51.0 Å². The van der Waals surface area contributed by atoms with E-state index < -0.39 is 52.4 Å². The van der Waals surface area contributed by atoms with Crippen LogP contribution in [0.4, 0.5) is 5.13 Å². The highest BCUT2D eigenvalue weighted by Gasteiger charge is 2.36. The van der Waals surface area contributed by atoms with Gasteiger partial charge in [0.1, 0.15) is 23.9 Å². The molecule has 14 nitrogen and oxygen atoms in total. The third-order valence-electron chi connectivity index (χ3n) is 9.29. The van der Waals surface area contributed by atoms with Gasteiger partial charge in [0.05, 0.1) is 38.2 Å². The van der Waals surface area contributed by atoms with Gasteiger partial charge in [0.15, 0.2) is 5.13 Å². The number of benzene rings is 1. The number of anilines is 1. The zero-order chi connectivity index (χ0) is 36.3. The molecule has 50 heavy (non-hydrogen) atoms. The number of methoxy groups -OCH3 is 1. The summed E-state index contributed by atoms with van der Waals surface area (Å²) in [4.78, 5) is 32.5. The summed E-state index contributed by atoms with van der Waals surface area (Å²) in [6.07, 6.45) is 3.71. The Morgan fingerprint density at radius 3 is 2.30 bits per heavy atom. The van der Waals surface area contributed by atoms with E-state index in [9.17, 15) is 28.2 Å². The van der Waals surface area contributed by atoms with Gasteiger partial charge in [-0.3, -0.25) is 9.59 Å². The van der Waals surface area contributed by atoms with Gasteiger partial charge in [-0.1, -0.05) is 58.1 Å². The van der Waals surface area contributed by atoms with E-state index >= 15 is 0 Å². The summed E-state index contributed by atoms with van der Waals surface area (Å²) in [5.74, 6) is -0.307. The van der Waals surface area contributed by atoms with E-state index in [4.69, 9.17) is 15.2 Å². The van der Waals surface area contributed by atoms with Crippen LogP contribution in [0.25, 0.3) is 0 Å². The van der Waals surface area contributed by atoms with Crippen molar-refractivity contribution in [1.82, 2.24) is 24.6 Å². The topological polar surface area (TPSA) is 205 Å². The molecule has 5 atom stereocenters. The van der Waals surface area contributed by atoms with Gasteiger partial charge >= 0.3 is 0 Å². The highest BCUT2D eigenvalue weighted by atomic mass is 32.2. The molecule has 0 bridgehead atoms. The quantitative estimate of drug-likeness (QED) is 0.131. The van der Waals surface area contributed by atoms with Crippen molar-refractivity contribution in [3.63, 3.8) is 0 Å². The summed E-state index contributed by atoms with van der Waals surface area (Å²) in [6, 6.07) is 3.66. The van der Waals surface area contributed by atoms with Crippen molar-refractivity contribution in [2.45, 2.75) is 102 Å². The van der Waals surface area contributed by atoms with E-state index in [1.54, 1.807) is 29.6 Å². The first-order valence-electron chi connectivity index (χ1n) is 17.5. The maximum absolute atomic E-state index is 14.1. The minimum Gasteiger partial charge on any atom is -0.497 e. The fourth-order valence-electron chi connectivity index (χ4n) is 6.57. The lowest BCUT2D eigenvalue weighted by atomic mass is 9.82. The number of carbonyl (C=O) groups is 2. The summed E-state index contributed by atoms with van der Waals surface area (Å²) in [5, 5.41) is 30.0. The molecule has 1 aromatic heterocycles. The minimum atomic E-state index is -4.11. The van der Waals surface area contributed by atoms with Crippen LogP contribution < -0.4 is 25.8 Å². The molecule has 7 N–H and O–H groups in total. The number of nitrogens with zero attached hydrogens (tertiary/aromatic N) is 2. The van der Waals surface area contributed by atoms with Gasteiger partial charge in [0.2, 0.25) is 11.8 Å². The lowest BCUT2D eigenvalue weighted by Gasteiger charge is -2.34. The number of morpholine rings is 1. The Hall–Kier alpha value is -2.86. The first kappa shape index (κ1) is 39.9. The Morgan fingerprint density at radius 2 is 1.70 bits per heavy atom. The van der Waals surface area contributed by atoms with Gasteiger partial charge in [-0.05, 0) is 48.8 Å². The van der Waals surface area contributed by atoms with Gasteiger partial charge in [-0.2, -0.15) is 17.4 Å². The van der Waals surface area contributed by atoms with Crippen LogP contribution in [0.15, 0.2) is 29.6 Å². The molecule has 1 aliphatic heterocycles. The van der Waals surface area contributed by atoms with Crippen molar-refractivity contribution in [1.29, 1.82) is 0 Å². The number of hydrogen-bond donors (Lipinski definition) is 6. The van der Waals surface area contributed by atoms with E-state index in [0.717, 1.165) is 32.1 Å². The number of ether oxygens (including phenoxy) is 2. The molecule has 2 amide bonds. The second kappa shape index (κ2) is 19.1. The third-order valence-corrected chi connectivity index (χ3v) is 11.6. The Balaban J connectivity index is 1.60. The average molecular weight is 739 g/mol. The summed E-state index contributed by atoms with van der Waals surface area (Å²) in [7, 11) is -2.57. The zero-order valence-corrected chi connectivity index (χ0v) is 30.9. The van der Waals surface area contributed by atoms with Gasteiger partial charge < -0.3 is 36.1 Å². The number of aromatic nitrogens is 1. The number of carbonyl (C=O) groups excluding carboxylic acids is 2. The predicted octanol–water partition coefficient (Wildman–Crippen LogP) is 1.76. The summed E-state index contributed by atoms with van der Waals surface area (Å²) in [6.45, 7) is 4.63. The summed E-state index contributed by atoms with van der Waals surface area (Å²) >= 11 is 1.19. The van der Waals surface area contributed by atoms with Crippen molar-refractivity contribution < 1.29 is 37.7 Å². The molecule has 280 valence electrons. The normalized spacial score (nSPS) is 19.3. The number of aliphatic hydroxyl groups excluding tert-OH is 2. The lowest BCUT2D eigenvalue weighted by Crippen LogP contribution is -2.59. The molecule has 1 saturated carbocycles. The van der Waals surface area contributed by atoms with Crippen LogP contribution in [0.2, 0.25) is 0 Å². The van der Waals surface area contributed by atoms with Crippen molar-refractivity contribution in [3.8, 4) is 5.75 Å². The van der Waals surface area contributed by atoms with Crippen molar-refractivity contribution in [2.75, 3.05) is 39.1 Å². The predicted molar refractivity (Wildman–Crippen MR) is 192 cm³/mol. The molecule has 2 heterocycles. The Kier molecular flexibility index (Phi) is 15.3. The van der Waals surface area contributed by atoms with Crippen LogP contribution in [0.3, 0.4) is 0 Å². The van der Waals surface area contributed by atoms with Crippen LogP contribution in [-0.4, -0.2) is 103 Å². The number of nitrogens with one attached hydrogen (secondary N) is 3. The number of aliphatic hydroxyl groups is 2. The largest absolute Gasteiger partial charge is 0.497 e. The van der Waals surface area contributed by atoms with E-state index in [0.29, 0.717) is 35.0 Å². The van der Waals surface area contributed by atoms with Gasteiger partial charge in [-0.25, -0.2) is 4.98 Å². The second-order valence-corrected chi connectivity index (χ2v) is 16.3. The minimum absolute atomic E-state index is 0.0121. The average Bonchev–Trinajstić information content (AvgIpc) is 3.51. The molecule has 1 aliphatic carbocycles. The molecule has 2 fully saturated rings. The highest BCUT2D eigenvalue weighted by molar-refractivity contribution is 7.87. The fraction of sp³-hybridized carbons (Fsp3) is 0.676. The third kappa shape index (κ3) is 12.1. The van der Waals surface area contributed by atoms with Crippen molar-refractivity contribution in [3.05, 3.63) is 40.9 Å². The fourth-order valence-corrected chi connectivity index (χ4v) is 8.48. The van der Waals surface area contributed by atoms with Crippen molar-refractivity contribution in [2.24, 2.45) is 11.8 Å². The Bertz CT molecular complexity index is 1460. The molecule has 0 unspecified atom stereocenters. The number of nitrogen functional groups attached to an aromatic ring is 1. The molecule has 2 aliphatic rings. The SMILES string of the molecule is COc1ccc(C[C@H](NS(=O)(=O)N2CCOCC2)C(=O)N[C@@H](Cc2csc(N)n2)C(=O)N[C@@H](CC2CCCCC2)[C@@H](O)[C@@H](O)CC(C)C)cc1. The second-order valence-electron chi connectivity index (χ2n) is 13.7. The number of amides is 2. The molecule has 1 aromatic carbocycles. The number of rotatable bonds is 18. The molecule has 1 saturated heterocycles. The van der Waals surface area contributed by atoms with Gasteiger partial charge in [0, 0.05) is 24.9 Å². The Labute approximate surface area is 299 Å². The molecular formula is C34H54N6O8S2. The van der Waals surface area contributed by atoms with Gasteiger partial charge in [-0.15, -0.1) is 11.3 Å². The first-order valence-corrected chi connectivity index (χ1v) is 19.8. The summed E-state index contributed by atoms with van der Waals surface area (Å²) < 4.78 is 41.3. The number of thiazole rings is 1. The van der Waals surface area contributed by atoms with Crippen LogP contribution in [0, 0.1) is 11.8 Å². The maximum atomic E-state index is 14.1. The number of nitrogens with two attached hydrogens (primary N) is 1. The van der Waals surface area contributed by atoms with Crippen LogP contribution in [-0.2, 0) is 37.4 Å². The molecule has 4 rings (SSSR count). The van der Waals surface area contributed by atoms with Crippen LogP contribution in [0.1, 0.15) is 70.1 Å². The summed E-state index contributed by atoms with van der Waals surface area (Å²) in [5.41, 5.74) is 7.02. The van der Waals surface area contributed by atoms with Crippen molar-refractivity contribution >= 4 is 38.5 Å². The molecular weight excluding hydrogens is 685 g/mol. The molecule has 16 heteroatoms. The number of hydrogen-bond acceptors (Lipinski definition) is 11. The molecule has 0 spiro atoms. The first-order chi connectivity index (χ1) is 23.8. The van der Waals surface area contributed by atoms with E-state index in [1.807, 2.05) is 13.8 Å². The molecule has 2 aromatic rings. The standard InChI is InChI=1S/C34H54N6O8S2/c1-22(2)17-30(41)31(42)27(18-23-7-5-4-6-8-23)37-32(43)28(20-25-21-49-34(35)36-25)38-33(44)29(19-24-9-11-26(47-3)12-10-24)39-50(45,46)40-13-15-48-16-14-40/h9-12,21-23,27-31,39,41-42H,4-8,13-20H2,1-3H3,(H2,35,36)(H,37,43)(H,38,44)/t27-,28-,29-,30-,31+/m0/s1. The van der Waals surface area contributed by atoms with E-state index in [2.05, 4.69) is 20.3 Å². The lowest BCUT2D eigenvalue weighted by molar-refractivity contribution is -0.131. The van der Waals surface area contributed by atoms with Gasteiger partial charge in [0.25, 0.3) is 10.2 Å².